The minimum absolute atomic E-state index is 0.0369. The summed E-state index contributed by atoms with van der Waals surface area (Å²) < 4.78 is 0. The average molecular weight is 933 g/mol. The number of nitrogens with zero attached hydrogens (tertiary/aromatic N) is 4. The van der Waals surface area contributed by atoms with E-state index in [0.717, 1.165) is 39.2 Å². The Labute approximate surface area is 426 Å². The van der Waals surface area contributed by atoms with E-state index in [1.165, 1.54) is 77.6 Å². The molecule has 0 saturated carbocycles. The van der Waals surface area contributed by atoms with Crippen LogP contribution in [0.15, 0.2) is 230 Å². The average Bonchev–Trinajstić information content (AvgIpc) is 4.03. The van der Waals surface area contributed by atoms with Gasteiger partial charge in [0.25, 0.3) is 0 Å². The predicted octanol–water partition coefficient (Wildman–Crippen LogP) is 17.0. The Balaban J connectivity index is 1.09. The molecule has 4 aliphatic carbocycles. The Morgan fingerprint density at radius 1 is 0.466 bits per heavy atom. The Hall–Kier alpha value is -9.22. The lowest BCUT2D eigenvalue weighted by molar-refractivity contribution is 0.488. The lowest BCUT2D eigenvalue weighted by Gasteiger charge is -2.42. The second kappa shape index (κ2) is 15.9. The van der Waals surface area contributed by atoms with Crippen molar-refractivity contribution in [1.82, 2.24) is 0 Å². The molecule has 4 heteroatoms. The molecule has 10 aromatic carbocycles. The summed E-state index contributed by atoms with van der Waals surface area (Å²) in [5.74, 6) is 0.0369. The Morgan fingerprint density at radius 2 is 0.959 bits per heavy atom. The number of anilines is 5. The largest absolute Gasteiger partial charge is 0.333 e. The van der Waals surface area contributed by atoms with Gasteiger partial charge in [-0.05, 0) is 127 Å². The van der Waals surface area contributed by atoms with Crippen LogP contribution in [0.4, 0.5) is 28.4 Å². The zero-order valence-electron chi connectivity index (χ0n) is 40.8. The smallest absolute Gasteiger partial charge is 0.0991 e. The number of hydrogen-bond acceptors (Lipinski definition) is 4. The molecular formula is C69H48N4. The van der Waals surface area contributed by atoms with Gasteiger partial charge in [-0.1, -0.05) is 185 Å². The molecule has 0 aliphatic heterocycles. The molecule has 4 aliphatic rings. The topological polar surface area (TPSA) is 54.1 Å². The molecular weight excluding hydrogens is 885 g/mol. The van der Waals surface area contributed by atoms with Crippen LogP contribution < -0.4 is 9.80 Å². The summed E-state index contributed by atoms with van der Waals surface area (Å²) in [5, 5.41) is 24.8. The molecule has 4 nitrogen and oxygen atoms in total. The van der Waals surface area contributed by atoms with Gasteiger partial charge in [0, 0.05) is 50.3 Å². The van der Waals surface area contributed by atoms with E-state index in [1.807, 2.05) is 24.3 Å². The van der Waals surface area contributed by atoms with Crippen LogP contribution >= 0.6 is 0 Å². The molecule has 14 rings (SSSR count). The summed E-state index contributed by atoms with van der Waals surface area (Å²) in [6.07, 6.45) is 4.87. The quantitative estimate of drug-likeness (QED) is 0.167. The summed E-state index contributed by atoms with van der Waals surface area (Å²) in [7, 11) is 0. The van der Waals surface area contributed by atoms with Gasteiger partial charge in [-0.2, -0.15) is 10.5 Å². The normalized spacial score (nSPS) is 16.8. The van der Waals surface area contributed by atoms with Gasteiger partial charge >= 0.3 is 0 Å². The maximum atomic E-state index is 10.2. The van der Waals surface area contributed by atoms with E-state index in [4.69, 9.17) is 0 Å². The number of fused-ring (bicyclic) bond motifs is 14. The third kappa shape index (κ3) is 5.87. The van der Waals surface area contributed by atoms with Crippen LogP contribution in [0.3, 0.4) is 0 Å². The van der Waals surface area contributed by atoms with Gasteiger partial charge in [-0.3, -0.25) is 0 Å². The molecule has 344 valence electrons. The van der Waals surface area contributed by atoms with Crippen molar-refractivity contribution >= 4 is 55.6 Å². The number of hydrogen-bond donors (Lipinski definition) is 0. The third-order valence-corrected chi connectivity index (χ3v) is 16.7. The summed E-state index contributed by atoms with van der Waals surface area (Å²) in [6.45, 7) is 7.34. The molecule has 0 radical (unpaired) electrons. The highest BCUT2D eigenvalue weighted by Gasteiger charge is 2.55. The molecule has 0 N–H and O–H groups in total. The van der Waals surface area contributed by atoms with Gasteiger partial charge in [0.1, 0.15) is 0 Å². The summed E-state index contributed by atoms with van der Waals surface area (Å²) >= 11 is 0. The fourth-order valence-corrected chi connectivity index (χ4v) is 13.7. The fourth-order valence-electron chi connectivity index (χ4n) is 13.7. The van der Waals surface area contributed by atoms with Crippen LogP contribution in [0.5, 0.6) is 0 Å². The molecule has 0 amide bonds. The first-order valence-corrected chi connectivity index (χ1v) is 25.3. The maximum absolute atomic E-state index is 10.2. The van der Waals surface area contributed by atoms with Gasteiger partial charge in [0.05, 0.1) is 46.1 Å². The van der Waals surface area contributed by atoms with E-state index in [2.05, 4.69) is 243 Å². The molecule has 2 atom stereocenters. The molecule has 0 heterocycles. The van der Waals surface area contributed by atoms with Crippen molar-refractivity contribution in [3.05, 3.63) is 275 Å². The molecule has 0 bridgehead atoms. The highest BCUT2D eigenvalue weighted by molar-refractivity contribution is 6.11. The minimum Gasteiger partial charge on any atom is -0.333 e. The highest BCUT2D eigenvalue weighted by Crippen LogP contribution is 2.68. The van der Waals surface area contributed by atoms with E-state index in [9.17, 15) is 10.5 Å². The molecule has 0 aromatic heterocycles. The number of benzene rings is 10. The van der Waals surface area contributed by atoms with Gasteiger partial charge in [0.2, 0.25) is 0 Å². The van der Waals surface area contributed by atoms with Gasteiger partial charge in [-0.15, -0.1) is 0 Å². The van der Waals surface area contributed by atoms with Crippen molar-refractivity contribution in [1.29, 1.82) is 10.5 Å². The molecule has 2 unspecified atom stereocenters. The van der Waals surface area contributed by atoms with E-state index in [-0.39, 0.29) is 12.0 Å². The Morgan fingerprint density at radius 3 is 1.56 bits per heavy atom. The van der Waals surface area contributed by atoms with Crippen molar-refractivity contribution in [2.24, 2.45) is 5.92 Å². The molecule has 0 fully saturated rings. The second-order valence-electron chi connectivity index (χ2n) is 20.6. The first kappa shape index (κ1) is 42.6. The van der Waals surface area contributed by atoms with Crippen LogP contribution in [-0.2, 0) is 10.8 Å². The Kier molecular flexibility index (Phi) is 9.28. The fraction of sp³-hybridized carbons (Fsp3) is 0.101. The lowest BCUT2D eigenvalue weighted by Crippen LogP contribution is -2.40. The van der Waals surface area contributed by atoms with E-state index >= 15 is 0 Å². The first-order valence-electron chi connectivity index (χ1n) is 25.3. The molecule has 10 aromatic rings. The molecule has 1 spiro atoms. The van der Waals surface area contributed by atoms with Crippen LogP contribution in [0.1, 0.15) is 65.3 Å². The van der Waals surface area contributed by atoms with Crippen LogP contribution in [0.25, 0.3) is 49.4 Å². The number of nitriles is 2. The lowest BCUT2D eigenvalue weighted by atomic mass is 9.68. The van der Waals surface area contributed by atoms with Crippen molar-refractivity contribution in [3.63, 3.8) is 0 Å². The minimum atomic E-state index is -0.595. The SMILES string of the molecule is CC1C2=C(C=CC1N(c1ccc(C#N)cc1)c1cccc3ccccc13)c1c(cc3c(c1N(c1ccc(C#N)cc1)c1cccc4ccccc14)-c1ccccc1C31c3ccccc3-c3ccccc31)C2(C)C. The number of rotatable bonds is 6. The first-order chi connectivity index (χ1) is 35.8. The monoisotopic (exact) mass is 932 g/mol. The molecule has 73 heavy (non-hydrogen) atoms. The van der Waals surface area contributed by atoms with Gasteiger partial charge < -0.3 is 9.80 Å². The highest BCUT2D eigenvalue weighted by atomic mass is 15.2. The van der Waals surface area contributed by atoms with Crippen molar-refractivity contribution in [2.45, 2.75) is 37.6 Å². The van der Waals surface area contributed by atoms with E-state index in [1.54, 1.807) is 0 Å². The summed E-state index contributed by atoms with van der Waals surface area (Å²) in [5.41, 5.74) is 20.9. The Bertz CT molecular complexity index is 4070. The van der Waals surface area contributed by atoms with Crippen LogP contribution in [0, 0.1) is 28.6 Å². The van der Waals surface area contributed by atoms with Crippen LogP contribution in [-0.4, -0.2) is 6.04 Å². The second-order valence-corrected chi connectivity index (χ2v) is 20.6. The maximum Gasteiger partial charge on any atom is 0.0991 e. The third-order valence-electron chi connectivity index (χ3n) is 16.7. The zero-order valence-corrected chi connectivity index (χ0v) is 40.8. The van der Waals surface area contributed by atoms with Crippen molar-refractivity contribution in [3.8, 4) is 34.4 Å². The van der Waals surface area contributed by atoms with Gasteiger partial charge in [0.15, 0.2) is 0 Å². The van der Waals surface area contributed by atoms with E-state index in [0.29, 0.717) is 11.1 Å². The van der Waals surface area contributed by atoms with Crippen molar-refractivity contribution < 1.29 is 0 Å². The van der Waals surface area contributed by atoms with Crippen LogP contribution in [0.2, 0.25) is 0 Å². The van der Waals surface area contributed by atoms with Crippen molar-refractivity contribution in [2.75, 3.05) is 9.80 Å². The number of allylic oxidation sites excluding steroid dienone is 2. The van der Waals surface area contributed by atoms with Gasteiger partial charge in [-0.25, -0.2) is 0 Å². The van der Waals surface area contributed by atoms with E-state index < -0.39 is 10.8 Å². The summed E-state index contributed by atoms with van der Waals surface area (Å²) in [4.78, 5) is 5.03. The summed E-state index contributed by atoms with van der Waals surface area (Å²) in [6, 6.07) is 81.5. The predicted molar refractivity (Wildman–Crippen MR) is 299 cm³/mol. The zero-order chi connectivity index (χ0) is 49.2. The standard InChI is InChI=1S/C69H48N4/c1-43-61(72(48-34-30-44(41-70)31-35-48)62-28-14-18-46-16-4-6-20-50(46)62)39-38-55-65-59(68(2,3)66(43)55)40-60-64(54-24-10-13-27-58(54)69(60)56-25-11-8-22-52(56)53-23-9-12-26-57(53)69)67(65)73(49-36-32-45(42-71)33-37-49)63-29-15-19-47-17-5-7-21-51(47)63/h4-40,43,61H,1-3H3. The molecule has 0 saturated heterocycles.